The molecule has 0 atom stereocenters. The monoisotopic (exact) mass is 447 g/mol. The van der Waals surface area contributed by atoms with Gasteiger partial charge in [-0.15, -0.1) is 0 Å². The number of hydrogen-bond acceptors (Lipinski definition) is 7. The minimum atomic E-state index is -0.234. The summed E-state index contributed by atoms with van der Waals surface area (Å²) in [7, 11) is 3.12. The molecule has 9 heteroatoms. The van der Waals surface area contributed by atoms with Crippen molar-refractivity contribution in [2.24, 2.45) is 0 Å². The van der Waals surface area contributed by atoms with Gasteiger partial charge in [0.15, 0.2) is 28.9 Å². The van der Waals surface area contributed by atoms with Crippen molar-refractivity contribution in [1.29, 1.82) is 0 Å². The molecule has 0 saturated carbocycles. The number of nitrogens with one attached hydrogen (secondary N) is 1. The summed E-state index contributed by atoms with van der Waals surface area (Å²) in [6, 6.07) is 12.6. The van der Waals surface area contributed by atoms with Crippen LogP contribution in [0.25, 0.3) is 17.4 Å². The topological polar surface area (TPSA) is 104 Å². The fourth-order valence-electron chi connectivity index (χ4n) is 3.50. The highest BCUT2D eigenvalue weighted by Gasteiger charge is 2.16. The molecule has 0 unspecified atom stereocenters. The van der Waals surface area contributed by atoms with Crippen LogP contribution in [0.2, 0.25) is 0 Å². The highest BCUT2D eigenvalue weighted by atomic mass is 16.5. The van der Waals surface area contributed by atoms with Gasteiger partial charge in [0.1, 0.15) is 11.6 Å². The zero-order valence-corrected chi connectivity index (χ0v) is 19.2. The summed E-state index contributed by atoms with van der Waals surface area (Å²) in [4.78, 5) is 21.9. The van der Waals surface area contributed by atoms with E-state index in [1.54, 1.807) is 43.2 Å². The van der Waals surface area contributed by atoms with E-state index in [0.717, 1.165) is 22.7 Å². The molecule has 0 saturated heterocycles. The Morgan fingerprint density at radius 2 is 1.79 bits per heavy atom. The summed E-state index contributed by atoms with van der Waals surface area (Å²) < 4.78 is 18.0. The number of hydrogen-bond donors (Lipinski definition) is 1. The zero-order chi connectivity index (χ0) is 23.5. The van der Waals surface area contributed by atoms with Crippen LogP contribution in [0, 0.1) is 20.8 Å². The van der Waals surface area contributed by atoms with E-state index in [-0.39, 0.29) is 12.3 Å². The molecule has 3 aromatic heterocycles. The maximum atomic E-state index is 12.8. The molecule has 33 heavy (non-hydrogen) atoms. The summed E-state index contributed by atoms with van der Waals surface area (Å²) in [5, 5.41) is 7.37. The third-order valence-electron chi connectivity index (χ3n) is 4.98. The molecule has 170 valence electrons. The molecule has 4 rings (SSSR count). The smallest absolute Gasteiger partial charge is 0.229 e. The van der Waals surface area contributed by atoms with Crippen LogP contribution in [0.1, 0.15) is 22.7 Å². The number of benzene rings is 1. The first-order chi connectivity index (χ1) is 15.9. The molecule has 1 N–H and O–H groups in total. The standard InChI is InChI=1S/C24H25N5O4/c1-14-10-15(2)29(28-14)22-13-21(26-24(27-22)19-8-6-16(3)33-19)25-23(30)12-17-7-9-18(31-4)20(11-17)32-5/h6-11,13H,12H2,1-5H3,(H,25,26,27,30). The number of anilines is 1. The fourth-order valence-corrected chi connectivity index (χ4v) is 3.50. The second-order valence-corrected chi connectivity index (χ2v) is 7.60. The normalized spacial score (nSPS) is 10.8. The molecule has 0 aliphatic heterocycles. The summed E-state index contributed by atoms with van der Waals surface area (Å²) in [6.07, 6.45) is 0.134. The van der Waals surface area contributed by atoms with E-state index in [1.807, 2.05) is 39.0 Å². The van der Waals surface area contributed by atoms with Crippen LogP contribution in [0.4, 0.5) is 5.82 Å². The number of furan rings is 1. The van der Waals surface area contributed by atoms with Crippen LogP contribution in [0.15, 0.2) is 46.9 Å². The van der Waals surface area contributed by atoms with Gasteiger partial charge in [-0.2, -0.15) is 5.10 Å². The van der Waals surface area contributed by atoms with E-state index >= 15 is 0 Å². The Labute approximate surface area is 191 Å². The highest BCUT2D eigenvalue weighted by molar-refractivity contribution is 5.91. The van der Waals surface area contributed by atoms with Crippen LogP contribution in [0.3, 0.4) is 0 Å². The van der Waals surface area contributed by atoms with Gasteiger partial charge in [-0.25, -0.2) is 14.6 Å². The van der Waals surface area contributed by atoms with Gasteiger partial charge in [0.05, 0.1) is 26.3 Å². The second kappa shape index (κ2) is 9.15. The van der Waals surface area contributed by atoms with Gasteiger partial charge in [-0.05, 0) is 56.7 Å². The Balaban J connectivity index is 1.64. The number of rotatable bonds is 7. The van der Waals surface area contributed by atoms with Crippen molar-refractivity contribution in [2.45, 2.75) is 27.2 Å². The Kier molecular flexibility index (Phi) is 6.12. The lowest BCUT2D eigenvalue weighted by atomic mass is 10.1. The minimum Gasteiger partial charge on any atom is -0.493 e. The number of aryl methyl sites for hydroxylation is 3. The molecule has 0 spiro atoms. The molecule has 1 aromatic carbocycles. The van der Waals surface area contributed by atoms with E-state index in [2.05, 4.69) is 20.4 Å². The first kappa shape index (κ1) is 22.1. The average Bonchev–Trinajstić information content (AvgIpc) is 3.37. The number of nitrogens with zero attached hydrogens (tertiary/aromatic N) is 4. The Hall–Kier alpha value is -4.14. The van der Waals surface area contributed by atoms with Crippen molar-refractivity contribution < 1.29 is 18.7 Å². The third-order valence-corrected chi connectivity index (χ3v) is 4.98. The molecule has 3 heterocycles. The number of amides is 1. The van der Waals surface area contributed by atoms with E-state index < -0.39 is 0 Å². The van der Waals surface area contributed by atoms with Gasteiger partial charge >= 0.3 is 0 Å². The Morgan fingerprint density at radius 3 is 2.42 bits per heavy atom. The van der Waals surface area contributed by atoms with E-state index in [0.29, 0.717) is 34.7 Å². The first-order valence-electron chi connectivity index (χ1n) is 10.4. The SMILES string of the molecule is COc1ccc(CC(=O)Nc2cc(-n3nc(C)cc3C)nc(-c3ccc(C)o3)n2)cc1OC. The van der Waals surface area contributed by atoms with Crippen LogP contribution in [-0.2, 0) is 11.2 Å². The quantitative estimate of drug-likeness (QED) is 0.456. The number of carbonyl (C=O) groups is 1. The molecule has 4 aromatic rings. The van der Waals surface area contributed by atoms with Gasteiger partial charge in [0, 0.05) is 11.8 Å². The molecule has 1 amide bonds. The first-order valence-corrected chi connectivity index (χ1v) is 10.4. The number of carbonyl (C=O) groups excluding carboxylic acids is 1. The maximum absolute atomic E-state index is 12.8. The van der Waals surface area contributed by atoms with Crippen LogP contribution < -0.4 is 14.8 Å². The minimum absolute atomic E-state index is 0.134. The third kappa shape index (κ3) is 4.87. The zero-order valence-electron chi connectivity index (χ0n) is 19.2. The molecule has 0 aliphatic carbocycles. The van der Waals surface area contributed by atoms with Gasteiger partial charge < -0.3 is 19.2 Å². The second-order valence-electron chi connectivity index (χ2n) is 7.60. The van der Waals surface area contributed by atoms with E-state index in [9.17, 15) is 4.79 Å². The van der Waals surface area contributed by atoms with Crippen LogP contribution in [-0.4, -0.2) is 39.9 Å². The number of ether oxygens (including phenoxy) is 2. The van der Waals surface area contributed by atoms with Crippen LogP contribution >= 0.6 is 0 Å². The highest BCUT2D eigenvalue weighted by Crippen LogP contribution is 2.28. The van der Waals surface area contributed by atoms with Crippen molar-refractivity contribution >= 4 is 11.7 Å². The lowest BCUT2D eigenvalue weighted by Gasteiger charge is -2.11. The molecule has 9 nitrogen and oxygen atoms in total. The predicted octanol–water partition coefficient (Wildman–Crippen LogP) is 4.05. The number of methoxy groups -OCH3 is 2. The maximum Gasteiger partial charge on any atom is 0.229 e. The lowest BCUT2D eigenvalue weighted by molar-refractivity contribution is -0.115. The average molecular weight is 447 g/mol. The summed E-state index contributed by atoms with van der Waals surface area (Å²) in [6.45, 7) is 5.70. The molecule has 0 radical (unpaired) electrons. The van der Waals surface area contributed by atoms with Gasteiger partial charge in [-0.3, -0.25) is 4.79 Å². The molecule has 0 fully saturated rings. The fraction of sp³-hybridized carbons (Fsp3) is 0.250. The molecule has 0 aliphatic rings. The van der Waals surface area contributed by atoms with Gasteiger partial charge in [0.25, 0.3) is 0 Å². The Bertz CT molecular complexity index is 1310. The van der Waals surface area contributed by atoms with Crippen molar-refractivity contribution in [2.75, 3.05) is 19.5 Å². The van der Waals surface area contributed by atoms with Crippen molar-refractivity contribution in [3.63, 3.8) is 0 Å². The van der Waals surface area contributed by atoms with Gasteiger partial charge in [0.2, 0.25) is 5.91 Å². The lowest BCUT2D eigenvalue weighted by Crippen LogP contribution is -2.17. The number of aromatic nitrogens is 4. The van der Waals surface area contributed by atoms with Crippen molar-refractivity contribution in [3.8, 4) is 28.9 Å². The van der Waals surface area contributed by atoms with E-state index in [1.165, 1.54) is 0 Å². The largest absolute Gasteiger partial charge is 0.493 e. The van der Waals surface area contributed by atoms with E-state index in [4.69, 9.17) is 13.9 Å². The predicted molar refractivity (Wildman–Crippen MR) is 123 cm³/mol. The summed E-state index contributed by atoms with van der Waals surface area (Å²) >= 11 is 0. The van der Waals surface area contributed by atoms with Crippen molar-refractivity contribution in [1.82, 2.24) is 19.7 Å². The Morgan fingerprint density at radius 1 is 1.00 bits per heavy atom. The van der Waals surface area contributed by atoms with Crippen LogP contribution in [0.5, 0.6) is 11.5 Å². The van der Waals surface area contributed by atoms with Gasteiger partial charge in [-0.1, -0.05) is 6.07 Å². The van der Waals surface area contributed by atoms with Crippen molar-refractivity contribution in [3.05, 3.63) is 65.2 Å². The summed E-state index contributed by atoms with van der Waals surface area (Å²) in [5.74, 6) is 3.41. The summed E-state index contributed by atoms with van der Waals surface area (Å²) in [5.41, 5.74) is 2.55. The molecular weight excluding hydrogens is 422 g/mol. The molecular formula is C24H25N5O4. The molecule has 0 bridgehead atoms.